The number of nitrogens with zero attached hydrogens (tertiary/aromatic N) is 2. The molecule has 1 fully saturated rings. The summed E-state index contributed by atoms with van der Waals surface area (Å²) in [6.07, 6.45) is 0.793. The first-order valence-corrected chi connectivity index (χ1v) is 13.4. The summed E-state index contributed by atoms with van der Waals surface area (Å²) in [6, 6.07) is 20.7. The summed E-state index contributed by atoms with van der Waals surface area (Å²) in [5, 5.41) is 0. The number of sulfonamides is 1. The third-order valence-electron chi connectivity index (χ3n) is 6.02. The van der Waals surface area contributed by atoms with E-state index in [9.17, 15) is 13.2 Å². The van der Waals surface area contributed by atoms with Crippen molar-refractivity contribution in [1.29, 1.82) is 0 Å². The molecule has 190 valence electrons. The number of methoxy groups -OCH3 is 1. The Labute approximate surface area is 212 Å². The van der Waals surface area contributed by atoms with E-state index in [0.29, 0.717) is 43.2 Å². The van der Waals surface area contributed by atoms with Crippen LogP contribution in [0.4, 0.5) is 11.4 Å². The van der Waals surface area contributed by atoms with Crippen molar-refractivity contribution in [2.24, 2.45) is 0 Å². The fraction of sp³-hybridized carbons (Fsp3) is 0.296. The van der Waals surface area contributed by atoms with Gasteiger partial charge in [-0.15, -0.1) is 0 Å². The van der Waals surface area contributed by atoms with Crippen LogP contribution >= 0.6 is 0 Å². The summed E-state index contributed by atoms with van der Waals surface area (Å²) in [6.45, 7) is 4.98. The van der Waals surface area contributed by atoms with Gasteiger partial charge in [0.05, 0.1) is 24.3 Å². The molecule has 0 spiro atoms. The maximum absolute atomic E-state index is 13.3. The van der Waals surface area contributed by atoms with Gasteiger partial charge in [0, 0.05) is 37.4 Å². The van der Waals surface area contributed by atoms with E-state index >= 15 is 0 Å². The van der Waals surface area contributed by atoms with E-state index in [1.807, 2.05) is 31.2 Å². The predicted octanol–water partition coefficient (Wildman–Crippen LogP) is 4.25. The Morgan fingerprint density at radius 1 is 0.944 bits per heavy atom. The second-order valence-corrected chi connectivity index (χ2v) is 10.1. The van der Waals surface area contributed by atoms with Crippen molar-refractivity contribution in [2.75, 3.05) is 49.5 Å². The van der Waals surface area contributed by atoms with Crippen molar-refractivity contribution in [3.63, 3.8) is 0 Å². The van der Waals surface area contributed by atoms with Gasteiger partial charge in [-0.05, 0) is 67.9 Å². The van der Waals surface area contributed by atoms with Gasteiger partial charge in [-0.3, -0.25) is 9.52 Å². The van der Waals surface area contributed by atoms with Crippen molar-refractivity contribution in [1.82, 2.24) is 4.90 Å². The summed E-state index contributed by atoms with van der Waals surface area (Å²) in [5.41, 5.74) is 1.76. The highest BCUT2D eigenvalue weighted by atomic mass is 32.2. The van der Waals surface area contributed by atoms with Gasteiger partial charge in [-0.25, -0.2) is 8.42 Å². The lowest BCUT2D eigenvalue weighted by Gasteiger charge is -2.25. The summed E-state index contributed by atoms with van der Waals surface area (Å²) in [7, 11) is -2.22. The number of carbonyl (C=O) groups is 1. The number of hydrogen-bond acceptors (Lipinski definition) is 6. The number of ether oxygens (including phenoxy) is 2. The van der Waals surface area contributed by atoms with Crippen molar-refractivity contribution in [3.8, 4) is 11.5 Å². The number of amides is 1. The maximum atomic E-state index is 13.3. The Morgan fingerprint density at radius 2 is 1.72 bits per heavy atom. The number of rotatable bonds is 8. The lowest BCUT2D eigenvalue weighted by atomic mass is 10.2. The second kappa shape index (κ2) is 11.3. The van der Waals surface area contributed by atoms with Gasteiger partial charge < -0.3 is 19.3 Å². The van der Waals surface area contributed by atoms with Gasteiger partial charge in [0.25, 0.3) is 15.9 Å². The number of carbonyl (C=O) groups excluding carboxylic acids is 1. The van der Waals surface area contributed by atoms with E-state index in [1.165, 1.54) is 12.1 Å². The first kappa shape index (κ1) is 25.4. The van der Waals surface area contributed by atoms with Crippen LogP contribution in [0.15, 0.2) is 77.7 Å². The molecule has 3 aromatic carbocycles. The third-order valence-corrected chi connectivity index (χ3v) is 7.40. The Hall–Kier alpha value is -3.72. The van der Waals surface area contributed by atoms with Crippen molar-refractivity contribution < 1.29 is 22.7 Å². The molecule has 0 bridgehead atoms. The van der Waals surface area contributed by atoms with Crippen LogP contribution in [0.2, 0.25) is 0 Å². The monoisotopic (exact) mass is 509 g/mol. The highest BCUT2D eigenvalue weighted by molar-refractivity contribution is 7.92. The molecule has 3 aromatic rings. The van der Waals surface area contributed by atoms with Gasteiger partial charge in [-0.2, -0.15) is 0 Å². The van der Waals surface area contributed by atoms with E-state index in [1.54, 1.807) is 48.4 Å². The molecule has 36 heavy (non-hydrogen) atoms. The molecule has 0 saturated carbocycles. The number of para-hydroxylation sites is 2. The summed E-state index contributed by atoms with van der Waals surface area (Å²) < 4.78 is 39.4. The average Bonchev–Trinajstić information content (AvgIpc) is 3.16. The zero-order chi connectivity index (χ0) is 25.5. The number of anilines is 2. The molecule has 8 nitrogen and oxygen atoms in total. The van der Waals surface area contributed by atoms with Crippen LogP contribution in [0.3, 0.4) is 0 Å². The number of hydrogen-bond donors (Lipinski definition) is 1. The van der Waals surface area contributed by atoms with Crippen LogP contribution in [-0.2, 0) is 10.0 Å². The van der Waals surface area contributed by atoms with Gasteiger partial charge in [0.2, 0.25) is 0 Å². The van der Waals surface area contributed by atoms with Gasteiger partial charge >= 0.3 is 0 Å². The van der Waals surface area contributed by atoms with Crippen molar-refractivity contribution in [2.45, 2.75) is 18.2 Å². The Bertz CT molecular complexity index is 1290. The van der Waals surface area contributed by atoms with Gasteiger partial charge in [-0.1, -0.05) is 18.2 Å². The van der Waals surface area contributed by atoms with E-state index in [2.05, 4.69) is 9.62 Å². The topological polar surface area (TPSA) is 88.2 Å². The minimum absolute atomic E-state index is 0.0349. The molecule has 0 aliphatic carbocycles. The van der Waals surface area contributed by atoms with Crippen molar-refractivity contribution in [3.05, 3.63) is 78.4 Å². The van der Waals surface area contributed by atoms with Crippen LogP contribution in [-0.4, -0.2) is 59.1 Å². The standard InChI is InChI=1S/C27H31N3O5S/c1-3-35-23-14-12-22(13-15-23)28-36(32,33)24-9-6-8-21(20-24)27(31)30-17-7-16-29(18-19-30)25-10-4-5-11-26(25)34-2/h4-6,8-15,20,28H,3,7,16-19H2,1-2H3. The first-order chi connectivity index (χ1) is 17.4. The molecule has 1 N–H and O–H groups in total. The highest BCUT2D eigenvalue weighted by Gasteiger charge is 2.23. The molecule has 1 aliphatic rings. The summed E-state index contributed by atoms with van der Waals surface area (Å²) in [4.78, 5) is 17.3. The van der Waals surface area contributed by atoms with E-state index in [4.69, 9.17) is 9.47 Å². The molecule has 1 amide bonds. The smallest absolute Gasteiger partial charge is 0.261 e. The molecule has 0 radical (unpaired) electrons. The van der Waals surface area contributed by atoms with E-state index in [0.717, 1.165) is 24.4 Å². The summed E-state index contributed by atoms with van der Waals surface area (Å²) >= 11 is 0. The zero-order valence-corrected chi connectivity index (χ0v) is 21.3. The van der Waals surface area contributed by atoms with Crippen LogP contribution in [0.5, 0.6) is 11.5 Å². The second-order valence-electron chi connectivity index (χ2n) is 8.40. The van der Waals surface area contributed by atoms with Crippen LogP contribution < -0.4 is 19.1 Å². The summed E-state index contributed by atoms with van der Waals surface area (Å²) in [5.74, 6) is 1.28. The van der Waals surface area contributed by atoms with Gasteiger partial charge in [0.15, 0.2) is 0 Å². The molecule has 1 heterocycles. The minimum Gasteiger partial charge on any atom is -0.495 e. The molecule has 0 aromatic heterocycles. The Morgan fingerprint density at radius 3 is 2.47 bits per heavy atom. The van der Waals surface area contributed by atoms with Crippen LogP contribution in [0.1, 0.15) is 23.7 Å². The average molecular weight is 510 g/mol. The normalized spacial score (nSPS) is 14.2. The Balaban J connectivity index is 1.46. The van der Waals surface area contributed by atoms with Crippen LogP contribution in [0.25, 0.3) is 0 Å². The molecule has 1 aliphatic heterocycles. The lowest BCUT2D eigenvalue weighted by molar-refractivity contribution is 0.0766. The maximum Gasteiger partial charge on any atom is 0.261 e. The zero-order valence-electron chi connectivity index (χ0n) is 20.5. The fourth-order valence-electron chi connectivity index (χ4n) is 4.23. The lowest BCUT2D eigenvalue weighted by Crippen LogP contribution is -2.35. The third kappa shape index (κ3) is 5.91. The Kier molecular flexibility index (Phi) is 8.00. The SMILES string of the molecule is CCOc1ccc(NS(=O)(=O)c2cccc(C(=O)N3CCCN(c4ccccc4OC)CC3)c2)cc1. The van der Waals surface area contributed by atoms with E-state index < -0.39 is 10.0 Å². The highest BCUT2D eigenvalue weighted by Crippen LogP contribution is 2.28. The molecule has 0 atom stereocenters. The fourth-order valence-corrected chi connectivity index (χ4v) is 5.34. The molecule has 4 rings (SSSR count). The quantitative estimate of drug-likeness (QED) is 0.489. The predicted molar refractivity (Wildman–Crippen MR) is 141 cm³/mol. The van der Waals surface area contributed by atoms with Crippen molar-refractivity contribution >= 4 is 27.3 Å². The number of benzene rings is 3. The molecular weight excluding hydrogens is 478 g/mol. The largest absolute Gasteiger partial charge is 0.495 e. The number of nitrogens with one attached hydrogen (secondary N) is 1. The molecule has 9 heteroatoms. The molecule has 1 saturated heterocycles. The molecule has 0 unspecified atom stereocenters. The molecular formula is C27H31N3O5S. The first-order valence-electron chi connectivity index (χ1n) is 11.9. The van der Waals surface area contributed by atoms with Gasteiger partial charge in [0.1, 0.15) is 11.5 Å². The van der Waals surface area contributed by atoms with Crippen LogP contribution in [0, 0.1) is 0 Å². The minimum atomic E-state index is -3.87. The van der Waals surface area contributed by atoms with E-state index in [-0.39, 0.29) is 10.8 Å².